The Morgan fingerprint density at radius 3 is 2.18 bits per heavy atom. The van der Waals surface area contributed by atoms with Gasteiger partial charge < -0.3 is 9.47 Å². The molecular weight excluding hydrogens is 212 g/mol. The zero-order valence-corrected chi connectivity index (χ0v) is 11.7. The molecule has 17 heavy (non-hydrogen) atoms. The Morgan fingerprint density at radius 2 is 1.59 bits per heavy atom. The smallest absolute Gasteiger partial charge is 0.0601 e. The van der Waals surface area contributed by atoms with Crippen LogP contribution in [0.1, 0.15) is 58.3 Å². The van der Waals surface area contributed by atoms with Gasteiger partial charge in [0, 0.05) is 14.2 Å². The molecule has 0 saturated heterocycles. The lowest BCUT2D eigenvalue weighted by Crippen LogP contribution is -2.29. The molecule has 0 aliphatic heterocycles. The molecule has 0 aromatic carbocycles. The molecule has 0 N–H and O–H groups in total. The lowest BCUT2D eigenvalue weighted by Gasteiger charge is -2.36. The summed E-state index contributed by atoms with van der Waals surface area (Å²) in [4.78, 5) is 0. The number of hydrogen-bond donors (Lipinski definition) is 0. The highest BCUT2D eigenvalue weighted by atomic mass is 16.5. The van der Waals surface area contributed by atoms with Crippen LogP contribution in [0.3, 0.4) is 0 Å². The van der Waals surface area contributed by atoms with Gasteiger partial charge in [-0.2, -0.15) is 0 Å². The van der Waals surface area contributed by atoms with Crippen molar-refractivity contribution >= 4 is 0 Å². The van der Waals surface area contributed by atoms with Crippen LogP contribution in [0, 0.1) is 11.3 Å². The van der Waals surface area contributed by atoms with Crippen molar-refractivity contribution in [2.24, 2.45) is 11.3 Å². The fourth-order valence-electron chi connectivity index (χ4n) is 3.99. The minimum Gasteiger partial charge on any atom is -0.381 e. The molecule has 100 valence electrons. The highest BCUT2D eigenvalue weighted by Crippen LogP contribution is 2.48. The SMILES string of the molecule is COC1CCC(C)(C2CCCC2)CC(OC)C1. The predicted octanol–water partition coefficient (Wildman–Crippen LogP) is 3.79. The summed E-state index contributed by atoms with van der Waals surface area (Å²) >= 11 is 0. The van der Waals surface area contributed by atoms with Gasteiger partial charge in [-0.1, -0.05) is 19.8 Å². The average molecular weight is 240 g/mol. The van der Waals surface area contributed by atoms with Gasteiger partial charge in [-0.05, 0) is 49.9 Å². The quantitative estimate of drug-likeness (QED) is 0.699. The molecule has 2 aliphatic carbocycles. The number of ether oxygens (including phenoxy) is 2. The van der Waals surface area contributed by atoms with E-state index in [4.69, 9.17) is 9.47 Å². The van der Waals surface area contributed by atoms with Crippen molar-refractivity contribution in [2.75, 3.05) is 14.2 Å². The molecule has 3 atom stereocenters. The van der Waals surface area contributed by atoms with Crippen molar-refractivity contribution in [3.63, 3.8) is 0 Å². The van der Waals surface area contributed by atoms with E-state index in [1.54, 1.807) is 0 Å². The Kier molecular flexibility index (Phi) is 4.48. The molecule has 2 heteroatoms. The van der Waals surface area contributed by atoms with Crippen molar-refractivity contribution < 1.29 is 9.47 Å². The van der Waals surface area contributed by atoms with E-state index in [0.717, 1.165) is 12.3 Å². The van der Waals surface area contributed by atoms with E-state index in [0.29, 0.717) is 17.6 Å². The summed E-state index contributed by atoms with van der Waals surface area (Å²) in [5.41, 5.74) is 0.491. The van der Waals surface area contributed by atoms with E-state index in [-0.39, 0.29) is 0 Å². The Bertz CT molecular complexity index is 235. The lowest BCUT2D eigenvalue weighted by atomic mass is 9.70. The molecule has 2 saturated carbocycles. The summed E-state index contributed by atoms with van der Waals surface area (Å²) in [6.45, 7) is 2.49. The Balaban J connectivity index is 2.05. The highest BCUT2D eigenvalue weighted by Gasteiger charge is 2.40. The predicted molar refractivity (Wildman–Crippen MR) is 70.1 cm³/mol. The van der Waals surface area contributed by atoms with Crippen molar-refractivity contribution in [3.05, 3.63) is 0 Å². The van der Waals surface area contributed by atoms with Crippen molar-refractivity contribution in [3.8, 4) is 0 Å². The van der Waals surface area contributed by atoms with Crippen molar-refractivity contribution in [1.82, 2.24) is 0 Å². The summed E-state index contributed by atoms with van der Waals surface area (Å²) in [6.07, 6.45) is 11.4. The van der Waals surface area contributed by atoms with Crippen LogP contribution in [0.4, 0.5) is 0 Å². The molecule has 0 radical (unpaired) electrons. The highest BCUT2D eigenvalue weighted by molar-refractivity contribution is 4.91. The van der Waals surface area contributed by atoms with E-state index in [9.17, 15) is 0 Å². The van der Waals surface area contributed by atoms with E-state index < -0.39 is 0 Å². The molecule has 2 fully saturated rings. The molecule has 3 unspecified atom stereocenters. The van der Waals surface area contributed by atoms with Gasteiger partial charge in [-0.25, -0.2) is 0 Å². The maximum absolute atomic E-state index is 5.68. The molecule has 0 aromatic rings. The van der Waals surface area contributed by atoms with E-state index in [1.165, 1.54) is 44.9 Å². The standard InChI is InChI=1S/C15H28O2/c1-15(12-6-4-5-7-12)9-8-13(16-2)10-14(11-15)17-3/h12-14H,4-11H2,1-3H3. The Morgan fingerprint density at radius 1 is 0.941 bits per heavy atom. The number of rotatable bonds is 3. The average Bonchev–Trinajstić information content (AvgIpc) is 2.82. The second kappa shape index (κ2) is 5.71. The van der Waals surface area contributed by atoms with E-state index in [2.05, 4.69) is 6.92 Å². The van der Waals surface area contributed by atoms with Crippen LogP contribution < -0.4 is 0 Å². The summed E-state index contributed by atoms with van der Waals surface area (Å²) in [6, 6.07) is 0. The maximum Gasteiger partial charge on any atom is 0.0601 e. The van der Waals surface area contributed by atoms with Gasteiger partial charge in [-0.3, -0.25) is 0 Å². The van der Waals surface area contributed by atoms with Crippen molar-refractivity contribution in [1.29, 1.82) is 0 Å². The molecule has 2 nitrogen and oxygen atoms in total. The fourth-order valence-corrected chi connectivity index (χ4v) is 3.99. The maximum atomic E-state index is 5.68. The lowest BCUT2D eigenvalue weighted by molar-refractivity contribution is 0.0135. The van der Waals surface area contributed by atoms with Gasteiger partial charge in [-0.15, -0.1) is 0 Å². The van der Waals surface area contributed by atoms with Gasteiger partial charge in [0.1, 0.15) is 0 Å². The fraction of sp³-hybridized carbons (Fsp3) is 1.00. The summed E-state index contributed by atoms with van der Waals surface area (Å²) in [7, 11) is 3.70. The topological polar surface area (TPSA) is 18.5 Å². The van der Waals surface area contributed by atoms with Crippen LogP contribution in [-0.2, 0) is 9.47 Å². The first-order chi connectivity index (χ1) is 8.18. The minimum atomic E-state index is 0.396. The largest absolute Gasteiger partial charge is 0.381 e. The third-order valence-electron chi connectivity index (χ3n) is 5.26. The van der Waals surface area contributed by atoms with E-state index in [1.807, 2.05) is 14.2 Å². The summed E-state index contributed by atoms with van der Waals surface area (Å²) in [5, 5.41) is 0. The van der Waals surface area contributed by atoms with Crippen LogP contribution in [0.15, 0.2) is 0 Å². The van der Waals surface area contributed by atoms with Crippen LogP contribution in [0.5, 0.6) is 0 Å². The van der Waals surface area contributed by atoms with E-state index >= 15 is 0 Å². The summed E-state index contributed by atoms with van der Waals surface area (Å²) < 4.78 is 11.3. The van der Waals surface area contributed by atoms with Crippen LogP contribution >= 0.6 is 0 Å². The Labute approximate surface area is 106 Å². The van der Waals surface area contributed by atoms with Gasteiger partial charge in [0.05, 0.1) is 12.2 Å². The molecular formula is C15H28O2. The first kappa shape index (κ1) is 13.4. The van der Waals surface area contributed by atoms with Crippen molar-refractivity contribution in [2.45, 2.75) is 70.5 Å². The van der Waals surface area contributed by atoms with Gasteiger partial charge >= 0.3 is 0 Å². The first-order valence-electron chi connectivity index (χ1n) is 7.23. The molecule has 0 bridgehead atoms. The second-order valence-electron chi connectivity index (χ2n) is 6.33. The molecule has 0 amide bonds. The molecule has 0 heterocycles. The normalized spacial score (nSPS) is 40.4. The minimum absolute atomic E-state index is 0.396. The molecule has 2 aliphatic rings. The summed E-state index contributed by atoms with van der Waals surface area (Å²) in [5.74, 6) is 0.927. The van der Waals surface area contributed by atoms with Gasteiger partial charge in [0.2, 0.25) is 0 Å². The zero-order chi connectivity index (χ0) is 12.3. The third kappa shape index (κ3) is 3.03. The van der Waals surface area contributed by atoms with Gasteiger partial charge in [0.15, 0.2) is 0 Å². The Hall–Kier alpha value is -0.0800. The van der Waals surface area contributed by atoms with Gasteiger partial charge in [0.25, 0.3) is 0 Å². The molecule has 2 rings (SSSR count). The van der Waals surface area contributed by atoms with Crippen LogP contribution in [-0.4, -0.2) is 26.4 Å². The van der Waals surface area contributed by atoms with Crippen LogP contribution in [0.25, 0.3) is 0 Å². The van der Waals surface area contributed by atoms with Crippen LogP contribution in [0.2, 0.25) is 0 Å². The number of methoxy groups -OCH3 is 2. The molecule has 0 aromatic heterocycles. The second-order valence-corrected chi connectivity index (χ2v) is 6.33. The monoisotopic (exact) mass is 240 g/mol. The molecule has 0 spiro atoms. The first-order valence-corrected chi connectivity index (χ1v) is 7.23. The zero-order valence-electron chi connectivity index (χ0n) is 11.7. The number of hydrogen-bond acceptors (Lipinski definition) is 2. The third-order valence-corrected chi connectivity index (χ3v) is 5.26.